The summed E-state index contributed by atoms with van der Waals surface area (Å²) in [5.74, 6) is -0.650. The van der Waals surface area contributed by atoms with Crippen LogP contribution in [0.1, 0.15) is 64.2 Å². The number of aliphatic carboxylic acids is 1. The number of ketones is 1. The second kappa shape index (κ2) is 14.1. The van der Waals surface area contributed by atoms with Crippen molar-refractivity contribution in [2.45, 2.75) is 81.7 Å². The summed E-state index contributed by atoms with van der Waals surface area (Å²) >= 11 is 2.64. The van der Waals surface area contributed by atoms with Gasteiger partial charge in [0.15, 0.2) is 11.7 Å². The molecule has 12 heteroatoms. The Morgan fingerprint density at radius 2 is 1.89 bits per heavy atom. The van der Waals surface area contributed by atoms with Gasteiger partial charge in [0, 0.05) is 18.2 Å². The zero-order valence-corrected chi connectivity index (χ0v) is 22.4. The second-order valence-corrected chi connectivity index (χ2v) is 12.1. The molecule has 1 aliphatic carbocycles. The first-order valence-electron chi connectivity index (χ1n) is 12.9. The van der Waals surface area contributed by atoms with E-state index in [1.165, 1.54) is 32.1 Å². The molecule has 10 nitrogen and oxygen atoms in total. The Labute approximate surface area is 221 Å². The lowest BCUT2D eigenvalue weighted by Gasteiger charge is -2.38. The minimum absolute atomic E-state index is 0.0120. The molecule has 2 heterocycles. The Morgan fingerprint density at radius 3 is 2.58 bits per heavy atom. The van der Waals surface area contributed by atoms with Crippen LogP contribution in [0.5, 0.6) is 0 Å². The van der Waals surface area contributed by atoms with Crippen LogP contribution in [-0.4, -0.2) is 80.8 Å². The van der Waals surface area contributed by atoms with Gasteiger partial charge in [0.1, 0.15) is 6.04 Å². The number of hydrogen-bond donors (Lipinski definition) is 4. The van der Waals surface area contributed by atoms with Gasteiger partial charge in [-0.05, 0) is 38.0 Å². The minimum Gasteiger partial charge on any atom is -0.481 e. The molecule has 2 amide bonds. The lowest BCUT2D eigenvalue weighted by Crippen LogP contribution is -2.56. The van der Waals surface area contributed by atoms with Crippen LogP contribution < -0.4 is 16.8 Å². The molecule has 0 aromatic rings. The van der Waals surface area contributed by atoms with E-state index in [2.05, 4.69) is 10.3 Å². The first-order valence-corrected chi connectivity index (χ1v) is 15.1. The maximum atomic E-state index is 13.5. The van der Waals surface area contributed by atoms with Crippen molar-refractivity contribution in [3.63, 3.8) is 0 Å². The standard InChI is InChI=1S/C24H39N5O5S2/c25-24(26)27-10-4-7-17(19(30)13-35-14-21(31)32)28-22(33)18-12-36-20-9-8-16(23(34)29(18)20)11-15-5-2-1-3-6-15/h15-18,20H,1-14H2,(H,28,33)(H,31,32)(H4,25,26,27)/t16?,17?,18-,20?/m0/s1. The van der Waals surface area contributed by atoms with Gasteiger partial charge < -0.3 is 26.8 Å². The monoisotopic (exact) mass is 541 g/mol. The van der Waals surface area contributed by atoms with Gasteiger partial charge in [0.25, 0.3) is 0 Å². The number of carbonyl (C=O) groups is 4. The van der Waals surface area contributed by atoms with E-state index in [0.29, 0.717) is 31.1 Å². The Balaban J connectivity index is 1.61. The van der Waals surface area contributed by atoms with Gasteiger partial charge in [-0.15, -0.1) is 23.5 Å². The molecule has 3 unspecified atom stereocenters. The average Bonchev–Trinajstić information content (AvgIpc) is 3.28. The number of guanidine groups is 1. The largest absolute Gasteiger partial charge is 0.481 e. The zero-order chi connectivity index (χ0) is 26.1. The number of amides is 2. The number of rotatable bonds is 13. The van der Waals surface area contributed by atoms with Gasteiger partial charge >= 0.3 is 5.97 Å². The number of piperidine rings is 1. The van der Waals surface area contributed by atoms with Crippen LogP contribution in [0.2, 0.25) is 0 Å². The van der Waals surface area contributed by atoms with Gasteiger partial charge in [0.2, 0.25) is 11.8 Å². The molecule has 4 atom stereocenters. The minimum atomic E-state index is -0.999. The average molecular weight is 542 g/mol. The number of carbonyl (C=O) groups excluding carboxylic acids is 3. The molecule has 2 aliphatic heterocycles. The van der Waals surface area contributed by atoms with Gasteiger partial charge in [-0.2, -0.15) is 0 Å². The normalized spacial score (nSPS) is 25.2. The van der Waals surface area contributed by atoms with Crippen LogP contribution in [0.25, 0.3) is 0 Å². The number of nitrogens with one attached hydrogen (secondary N) is 1. The maximum absolute atomic E-state index is 13.5. The van der Waals surface area contributed by atoms with E-state index < -0.39 is 18.1 Å². The number of carboxylic acids is 1. The van der Waals surface area contributed by atoms with E-state index in [0.717, 1.165) is 31.0 Å². The molecule has 6 N–H and O–H groups in total. The van der Waals surface area contributed by atoms with Crippen molar-refractivity contribution < 1.29 is 24.3 Å². The molecule has 3 rings (SSSR count). The third-order valence-corrected chi connectivity index (χ3v) is 9.52. The van der Waals surface area contributed by atoms with Gasteiger partial charge in [-0.1, -0.05) is 32.1 Å². The fourth-order valence-electron chi connectivity index (χ4n) is 5.43. The van der Waals surface area contributed by atoms with Crippen LogP contribution in [0.3, 0.4) is 0 Å². The first-order chi connectivity index (χ1) is 17.3. The third-order valence-electron chi connectivity index (χ3n) is 7.22. The van der Waals surface area contributed by atoms with Crippen LogP contribution >= 0.6 is 23.5 Å². The molecular weight excluding hydrogens is 502 g/mol. The third kappa shape index (κ3) is 8.29. The number of nitrogens with two attached hydrogens (primary N) is 2. The fraction of sp³-hybridized carbons (Fsp3) is 0.792. The van der Waals surface area contributed by atoms with Crippen molar-refractivity contribution in [3.8, 4) is 0 Å². The van der Waals surface area contributed by atoms with Crippen molar-refractivity contribution in [2.75, 3.05) is 23.8 Å². The molecule has 0 aromatic carbocycles. The molecule has 36 heavy (non-hydrogen) atoms. The van der Waals surface area contributed by atoms with Gasteiger partial charge in [0.05, 0.1) is 22.9 Å². The Bertz CT molecular complexity index is 832. The smallest absolute Gasteiger partial charge is 0.313 e. The van der Waals surface area contributed by atoms with E-state index in [9.17, 15) is 19.2 Å². The molecule has 3 fully saturated rings. The summed E-state index contributed by atoms with van der Waals surface area (Å²) in [6, 6.07) is -1.38. The molecular formula is C24H39N5O5S2. The summed E-state index contributed by atoms with van der Waals surface area (Å²) in [6.07, 6.45) is 9.63. The highest BCUT2D eigenvalue weighted by atomic mass is 32.2. The highest BCUT2D eigenvalue weighted by molar-refractivity contribution is 8.00. The molecule has 2 saturated heterocycles. The highest BCUT2D eigenvalue weighted by Gasteiger charge is 2.47. The van der Waals surface area contributed by atoms with Crippen molar-refractivity contribution in [3.05, 3.63) is 0 Å². The molecule has 3 aliphatic rings. The summed E-state index contributed by atoms with van der Waals surface area (Å²) in [5.41, 5.74) is 10.7. The lowest BCUT2D eigenvalue weighted by atomic mass is 9.80. The molecule has 0 bridgehead atoms. The quantitative estimate of drug-likeness (QED) is 0.154. The van der Waals surface area contributed by atoms with Crippen molar-refractivity contribution in [1.29, 1.82) is 0 Å². The number of carboxylic acid groups (broad SMARTS) is 1. The summed E-state index contributed by atoms with van der Waals surface area (Å²) in [4.78, 5) is 56.1. The number of thioether (sulfide) groups is 2. The topological polar surface area (TPSA) is 168 Å². The number of fused-ring (bicyclic) bond motifs is 1. The van der Waals surface area contributed by atoms with E-state index in [1.807, 2.05) is 0 Å². The highest BCUT2D eigenvalue weighted by Crippen LogP contribution is 2.41. The van der Waals surface area contributed by atoms with Crippen LogP contribution in [0.4, 0.5) is 0 Å². The lowest BCUT2D eigenvalue weighted by molar-refractivity contribution is -0.147. The van der Waals surface area contributed by atoms with Crippen LogP contribution in [0.15, 0.2) is 4.99 Å². The maximum Gasteiger partial charge on any atom is 0.313 e. The number of hydrogen-bond acceptors (Lipinski definition) is 7. The second-order valence-electron chi connectivity index (χ2n) is 9.93. The molecule has 0 aromatic heterocycles. The molecule has 0 radical (unpaired) electrons. The summed E-state index contributed by atoms with van der Waals surface area (Å²) in [5, 5.41) is 11.7. The van der Waals surface area contributed by atoms with E-state index in [1.54, 1.807) is 16.7 Å². The predicted octanol–water partition coefficient (Wildman–Crippen LogP) is 1.56. The van der Waals surface area contributed by atoms with E-state index in [4.69, 9.17) is 16.6 Å². The SMILES string of the molecule is NC(N)=NCCCC(NC(=O)[C@@H]1CSC2CCC(CC3CCCCC3)C(=O)N21)C(=O)CSCC(=O)O. The summed E-state index contributed by atoms with van der Waals surface area (Å²) in [6.45, 7) is 0.319. The van der Waals surface area contributed by atoms with Crippen molar-refractivity contribution in [1.82, 2.24) is 10.2 Å². The van der Waals surface area contributed by atoms with Gasteiger partial charge in [-0.3, -0.25) is 24.2 Å². The molecule has 202 valence electrons. The number of aliphatic imine (C=N–C) groups is 1. The Morgan fingerprint density at radius 1 is 1.14 bits per heavy atom. The van der Waals surface area contributed by atoms with E-state index >= 15 is 0 Å². The van der Waals surface area contributed by atoms with Crippen LogP contribution in [0, 0.1) is 11.8 Å². The van der Waals surface area contributed by atoms with Crippen molar-refractivity contribution >= 4 is 53.1 Å². The van der Waals surface area contributed by atoms with Crippen molar-refractivity contribution in [2.24, 2.45) is 28.3 Å². The van der Waals surface area contributed by atoms with Crippen LogP contribution in [-0.2, 0) is 19.2 Å². The Kier molecular flexibility index (Phi) is 11.2. The summed E-state index contributed by atoms with van der Waals surface area (Å²) < 4.78 is 0. The first kappa shape index (κ1) is 28.6. The predicted molar refractivity (Wildman–Crippen MR) is 143 cm³/mol. The Hall–Kier alpha value is -1.95. The number of Topliss-reactive ketones (excluding diaryl/α,β-unsaturated/α-hetero) is 1. The van der Waals surface area contributed by atoms with E-state index in [-0.39, 0.29) is 46.4 Å². The summed E-state index contributed by atoms with van der Waals surface area (Å²) in [7, 11) is 0. The number of nitrogens with zero attached hydrogens (tertiary/aromatic N) is 2. The van der Waals surface area contributed by atoms with Gasteiger partial charge in [-0.25, -0.2) is 0 Å². The molecule has 0 spiro atoms. The fourth-order valence-corrected chi connectivity index (χ4v) is 7.54. The molecule has 1 saturated carbocycles. The zero-order valence-electron chi connectivity index (χ0n) is 20.7.